The fourth-order valence-corrected chi connectivity index (χ4v) is 2.09. The summed E-state index contributed by atoms with van der Waals surface area (Å²) in [5.74, 6) is -2.27. The lowest BCUT2D eigenvalue weighted by molar-refractivity contribution is -0.0666. The summed E-state index contributed by atoms with van der Waals surface area (Å²) in [5.41, 5.74) is -0.529. The van der Waals surface area contributed by atoms with E-state index in [1.165, 1.54) is 25.1 Å². The number of methoxy groups -OCH3 is 1. The van der Waals surface area contributed by atoms with Crippen molar-refractivity contribution in [3.8, 4) is 0 Å². The first-order valence-electron chi connectivity index (χ1n) is 7.25. The van der Waals surface area contributed by atoms with Gasteiger partial charge in [0, 0.05) is 24.2 Å². The number of ether oxygens (including phenoxy) is 2. The van der Waals surface area contributed by atoms with Gasteiger partial charge >= 0.3 is 6.09 Å². The number of alkyl carbamates (subject to hydrolysis) is 1. The maximum Gasteiger partial charge on any atom is 0.411 e. The van der Waals surface area contributed by atoms with E-state index in [4.69, 9.17) is 21.1 Å². The predicted molar refractivity (Wildman–Crippen MR) is 88.1 cm³/mol. The first kappa shape index (κ1) is 19.7. The molecule has 1 N–H and O–H groups in total. The van der Waals surface area contributed by atoms with Gasteiger partial charge in [-0.15, -0.1) is 0 Å². The molecule has 1 rings (SSSR count). The van der Waals surface area contributed by atoms with Crippen LogP contribution in [0.5, 0.6) is 0 Å². The lowest BCUT2D eigenvalue weighted by Gasteiger charge is -2.36. The topological polar surface area (TPSA) is 50.8 Å². The van der Waals surface area contributed by atoms with E-state index in [0.717, 1.165) is 0 Å². The van der Waals surface area contributed by atoms with Crippen LogP contribution in [-0.2, 0) is 15.4 Å². The normalized spacial score (nSPS) is 14.4. The molecule has 1 aromatic rings. The molecule has 1 amide bonds. The number of alkyl halides is 1. The zero-order valence-electron chi connectivity index (χ0n) is 14.2. The highest BCUT2D eigenvalue weighted by atomic mass is 35.5. The average Bonchev–Trinajstić information content (AvgIpc) is 2.42. The molecule has 0 saturated heterocycles. The minimum absolute atomic E-state index is 0.203. The third-order valence-corrected chi connectivity index (χ3v) is 3.27. The Morgan fingerprint density at radius 2 is 2.04 bits per heavy atom. The lowest BCUT2D eigenvalue weighted by atomic mass is 10.1. The summed E-state index contributed by atoms with van der Waals surface area (Å²) >= 11 is 5.95. The molecule has 0 radical (unpaired) electrons. The zero-order valence-corrected chi connectivity index (χ0v) is 14.9. The first-order valence-corrected chi connectivity index (χ1v) is 7.62. The van der Waals surface area contributed by atoms with Crippen LogP contribution in [0.15, 0.2) is 24.3 Å². The van der Waals surface area contributed by atoms with E-state index in [-0.39, 0.29) is 12.1 Å². The molecular formula is C16H24ClFN2O3. The number of halogens is 2. The van der Waals surface area contributed by atoms with Crippen molar-refractivity contribution >= 4 is 17.7 Å². The van der Waals surface area contributed by atoms with Crippen LogP contribution in [0.25, 0.3) is 0 Å². The largest absolute Gasteiger partial charge is 0.444 e. The average molecular weight is 347 g/mol. The second-order valence-electron chi connectivity index (χ2n) is 6.17. The van der Waals surface area contributed by atoms with Crippen molar-refractivity contribution in [2.24, 2.45) is 0 Å². The fraction of sp³-hybridized carbons (Fsp3) is 0.562. The molecule has 0 fully saturated rings. The second-order valence-corrected chi connectivity index (χ2v) is 6.61. The number of hydrogen-bond acceptors (Lipinski definition) is 4. The Morgan fingerprint density at radius 3 is 2.57 bits per heavy atom. The number of nitrogens with one attached hydrogen (secondary N) is 1. The van der Waals surface area contributed by atoms with E-state index in [2.05, 4.69) is 5.32 Å². The van der Waals surface area contributed by atoms with Crippen LogP contribution in [0.4, 0.5) is 9.18 Å². The third kappa shape index (κ3) is 5.97. The maximum absolute atomic E-state index is 15.6. The molecule has 0 aliphatic carbocycles. The molecule has 0 bridgehead atoms. The van der Waals surface area contributed by atoms with Crippen molar-refractivity contribution in [1.29, 1.82) is 0 Å². The van der Waals surface area contributed by atoms with Gasteiger partial charge in [0.15, 0.2) is 0 Å². The number of hydrogen-bond donors (Lipinski definition) is 1. The minimum atomic E-state index is -2.27. The van der Waals surface area contributed by atoms with E-state index < -0.39 is 17.6 Å². The van der Waals surface area contributed by atoms with Gasteiger partial charge in [-0.05, 0) is 40.0 Å². The molecule has 1 atom stereocenters. The van der Waals surface area contributed by atoms with Crippen LogP contribution < -0.4 is 5.32 Å². The molecule has 0 heterocycles. The van der Waals surface area contributed by atoms with Crippen LogP contribution in [0.1, 0.15) is 26.3 Å². The molecule has 1 unspecified atom stereocenters. The van der Waals surface area contributed by atoms with Crippen LogP contribution in [0.2, 0.25) is 5.02 Å². The van der Waals surface area contributed by atoms with E-state index in [0.29, 0.717) is 11.6 Å². The fourth-order valence-electron chi connectivity index (χ4n) is 1.90. The number of benzene rings is 1. The van der Waals surface area contributed by atoms with Gasteiger partial charge in [-0.3, -0.25) is 10.2 Å². The molecule has 23 heavy (non-hydrogen) atoms. The van der Waals surface area contributed by atoms with Crippen molar-refractivity contribution in [3.05, 3.63) is 34.9 Å². The van der Waals surface area contributed by atoms with Crippen LogP contribution in [0, 0.1) is 0 Å². The summed E-state index contributed by atoms with van der Waals surface area (Å²) < 4.78 is 25.8. The monoisotopic (exact) mass is 346 g/mol. The van der Waals surface area contributed by atoms with Gasteiger partial charge in [0.05, 0.1) is 6.61 Å². The Kier molecular flexibility index (Phi) is 6.80. The molecule has 0 aliphatic heterocycles. The SMILES string of the molecule is COCCN(C)C(F)(NC(=O)OC(C)(C)C)c1cccc(Cl)c1. The van der Waals surface area contributed by atoms with Crippen molar-refractivity contribution in [3.63, 3.8) is 0 Å². The summed E-state index contributed by atoms with van der Waals surface area (Å²) in [6.45, 7) is 5.69. The highest BCUT2D eigenvalue weighted by Gasteiger charge is 2.39. The first-order chi connectivity index (χ1) is 10.6. The van der Waals surface area contributed by atoms with Crippen LogP contribution in [0.3, 0.4) is 0 Å². The van der Waals surface area contributed by atoms with Gasteiger partial charge in [-0.25, -0.2) is 4.79 Å². The van der Waals surface area contributed by atoms with E-state index in [1.54, 1.807) is 39.0 Å². The number of rotatable bonds is 6. The smallest absolute Gasteiger partial charge is 0.411 e. The van der Waals surface area contributed by atoms with Crippen molar-refractivity contribution < 1.29 is 18.7 Å². The van der Waals surface area contributed by atoms with E-state index in [9.17, 15) is 4.79 Å². The number of carbonyl (C=O) groups is 1. The Labute approximate surface area is 141 Å². The van der Waals surface area contributed by atoms with Gasteiger partial charge in [-0.1, -0.05) is 23.7 Å². The van der Waals surface area contributed by atoms with Crippen molar-refractivity contribution in [1.82, 2.24) is 10.2 Å². The number of carbonyl (C=O) groups excluding carboxylic acids is 1. The molecule has 7 heteroatoms. The molecule has 0 aliphatic rings. The highest BCUT2D eigenvalue weighted by molar-refractivity contribution is 6.30. The second kappa shape index (κ2) is 7.95. The Bertz CT molecular complexity index is 536. The quantitative estimate of drug-likeness (QED) is 0.632. The number of nitrogens with zero attached hydrogens (tertiary/aromatic N) is 1. The van der Waals surface area contributed by atoms with Crippen molar-refractivity contribution in [2.45, 2.75) is 32.3 Å². The molecule has 130 valence electrons. The van der Waals surface area contributed by atoms with Gasteiger partial charge in [0.2, 0.25) is 0 Å². The summed E-state index contributed by atoms with van der Waals surface area (Å²) in [6, 6.07) is 6.26. The molecular weight excluding hydrogens is 323 g/mol. The maximum atomic E-state index is 15.6. The van der Waals surface area contributed by atoms with Gasteiger partial charge in [-0.2, -0.15) is 4.39 Å². The zero-order chi connectivity index (χ0) is 17.7. The Hall–Kier alpha value is -1.37. The Morgan fingerprint density at radius 1 is 1.39 bits per heavy atom. The molecule has 0 spiro atoms. The predicted octanol–water partition coefficient (Wildman–Crippen LogP) is 3.52. The molecule has 0 aromatic heterocycles. The van der Waals surface area contributed by atoms with Gasteiger partial charge < -0.3 is 9.47 Å². The van der Waals surface area contributed by atoms with Gasteiger partial charge in [0.25, 0.3) is 5.92 Å². The summed E-state index contributed by atoms with van der Waals surface area (Å²) in [4.78, 5) is 13.4. The van der Waals surface area contributed by atoms with Crippen molar-refractivity contribution in [2.75, 3.05) is 27.3 Å². The van der Waals surface area contributed by atoms with E-state index >= 15 is 4.39 Å². The number of amides is 1. The molecule has 5 nitrogen and oxygen atoms in total. The summed E-state index contributed by atoms with van der Waals surface area (Å²) in [6.07, 6.45) is -0.857. The highest BCUT2D eigenvalue weighted by Crippen LogP contribution is 2.29. The summed E-state index contributed by atoms with van der Waals surface area (Å²) in [5, 5.41) is 2.66. The molecule has 0 saturated carbocycles. The third-order valence-electron chi connectivity index (χ3n) is 3.03. The lowest BCUT2D eigenvalue weighted by Crippen LogP contribution is -2.55. The summed E-state index contributed by atoms with van der Waals surface area (Å²) in [7, 11) is 3.06. The number of likely N-dealkylation sites (N-methyl/N-ethyl adjacent to an activating group) is 1. The van der Waals surface area contributed by atoms with E-state index in [1.807, 2.05) is 0 Å². The Balaban J connectivity index is 3.08. The minimum Gasteiger partial charge on any atom is -0.444 e. The van der Waals surface area contributed by atoms with Gasteiger partial charge in [0.1, 0.15) is 5.60 Å². The van der Waals surface area contributed by atoms with Crippen LogP contribution >= 0.6 is 11.6 Å². The van der Waals surface area contributed by atoms with Crippen LogP contribution in [-0.4, -0.2) is 43.9 Å². The molecule has 1 aromatic carbocycles. The standard InChI is InChI=1S/C16H24ClFN2O3/c1-15(2,3)23-14(21)19-16(18,20(4)9-10-22-5)12-7-6-8-13(17)11-12/h6-8,11H,9-10H2,1-5H3,(H,19,21).